The first-order valence-electron chi connectivity index (χ1n) is 6.84. The number of ether oxygens (including phenoxy) is 1. The van der Waals surface area contributed by atoms with Crippen LogP contribution in [0.15, 0.2) is 48.4 Å². The molecule has 0 amide bonds. The van der Waals surface area contributed by atoms with Crippen LogP contribution in [0.1, 0.15) is 29.2 Å². The number of benzene rings is 1. The van der Waals surface area contributed by atoms with E-state index in [9.17, 15) is 9.90 Å². The lowest BCUT2D eigenvalue weighted by Gasteiger charge is -2.26. The molecule has 4 nitrogen and oxygen atoms in total. The fraction of sp³-hybridized carbons (Fsp3) is 0.235. The van der Waals surface area contributed by atoms with Gasteiger partial charge in [0, 0.05) is 36.8 Å². The summed E-state index contributed by atoms with van der Waals surface area (Å²) in [7, 11) is 3.28. The van der Waals surface area contributed by atoms with Gasteiger partial charge in [0.25, 0.3) is 0 Å². The molecule has 0 radical (unpaired) electrons. The number of fused-ring (bicyclic) bond motifs is 1. The molecule has 108 valence electrons. The molecule has 1 aromatic heterocycles. The van der Waals surface area contributed by atoms with Gasteiger partial charge < -0.3 is 14.4 Å². The van der Waals surface area contributed by atoms with E-state index in [1.165, 1.54) is 7.11 Å². The lowest BCUT2D eigenvalue weighted by atomic mass is 9.82. The van der Waals surface area contributed by atoms with Crippen LogP contribution >= 0.6 is 0 Å². The van der Waals surface area contributed by atoms with Gasteiger partial charge in [-0.2, -0.15) is 0 Å². The number of aromatic nitrogens is 1. The molecular weight excluding hydrogens is 266 g/mol. The molecule has 1 atom stereocenters. The Morgan fingerprint density at radius 1 is 1.29 bits per heavy atom. The Morgan fingerprint density at radius 2 is 2.00 bits per heavy atom. The summed E-state index contributed by atoms with van der Waals surface area (Å²) < 4.78 is 6.80. The minimum Gasteiger partial charge on any atom is -0.511 e. The summed E-state index contributed by atoms with van der Waals surface area (Å²) in [6.07, 6.45) is 2.31. The molecule has 1 unspecified atom stereocenters. The zero-order chi connectivity index (χ0) is 15.0. The van der Waals surface area contributed by atoms with Gasteiger partial charge >= 0.3 is 5.97 Å². The van der Waals surface area contributed by atoms with Gasteiger partial charge in [-0.1, -0.05) is 30.3 Å². The minimum absolute atomic E-state index is 0.0367. The average Bonchev–Trinajstić information content (AvgIpc) is 2.88. The SMILES string of the molecule is COC(=O)C1=C(O)CC(c2ccccc2)c2c1ccn2C. The van der Waals surface area contributed by atoms with Gasteiger partial charge in [-0.3, -0.25) is 0 Å². The molecule has 1 aromatic carbocycles. The smallest absolute Gasteiger partial charge is 0.341 e. The molecule has 1 aliphatic carbocycles. The Morgan fingerprint density at radius 3 is 2.67 bits per heavy atom. The molecule has 0 saturated heterocycles. The van der Waals surface area contributed by atoms with Crippen LogP contribution in [0.5, 0.6) is 0 Å². The molecule has 21 heavy (non-hydrogen) atoms. The van der Waals surface area contributed by atoms with Crippen LogP contribution in [0.2, 0.25) is 0 Å². The van der Waals surface area contributed by atoms with Crippen molar-refractivity contribution < 1.29 is 14.6 Å². The topological polar surface area (TPSA) is 51.5 Å². The van der Waals surface area contributed by atoms with E-state index in [4.69, 9.17) is 4.74 Å². The Kier molecular flexibility index (Phi) is 3.29. The normalized spacial score (nSPS) is 17.5. The predicted octanol–water partition coefficient (Wildman–Crippen LogP) is 3.00. The molecule has 0 aliphatic heterocycles. The number of hydrogen-bond donors (Lipinski definition) is 1. The van der Waals surface area contributed by atoms with Crippen molar-refractivity contribution in [2.75, 3.05) is 7.11 Å². The second kappa shape index (κ2) is 5.13. The van der Waals surface area contributed by atoms with Crippen LogP contribution < -0.4 is 0 Å². The maximum Gasteiger partial charge on any atom is 0.341 e. The monoisotopic (exact) mass is 283 g/mol. The highest BCUT2D eigenvalue weighted by Gasteiger charge is 2.33. The largest absolute Gasteiger partial charge is 0.511 e. The van der Waals surface area contributed by atoms with Crippen LogP contribution in [-0.4, -0.2) is 22.8 Å². The summed E-state index contributed by atoms with van der Waals surface area (Å²) >= 11 is 0. The molecule has 1 N–H and O–H groups in total. The van der Waals surface area contributed by atoms with Crippen molar-refractivity contribution in [2.24, 2.45) is 7.05 Å². The van der Waals surface area contributed by atoms with Gasteiger partial charge in [0.1, 0.15) is 11.3 Å². The van der Waals surface area contributed by atoms with Gasteiger partial charge in [-0.15, -0.1) is 0 Å². The number of aryl methyl sites for hydroxylation is 1. The second-order valence-electron chi connectivity index (χ2n) is 5.21. The van der Waals surface area contributed by atoms with Crippen molar-refractivity contribution >= 4 is 11.5 Å². The first-order chi connectivity index (χ1) is 10.1. The fourth-order valence-corrected chi connectivity index (χ4v) is 3.03. The lowest BCUT2D eigenvalue weighted by molar-refractivity contribution is -0.133. The molecule has 0 spiro atoms. The number of methoxy groups -OCH3 is 1. The fourth-order valence-electron chi connectivity index (χ4n) is 3.03. The Bertz CT molecular complexity index is 713. The molecule has 0 saturated carbocycles. The van der Waals surface area contributed by atoms with Crippen LogP contribution in [0, 0.1) is 0 Å². The van der Waals surface area contributed by atoms with Gasteiger partial charge in [-0.25, -0.2) is 4.79 Å². The molecule has 2 aromatic rings. The number of rotatable bonds is 2. The van der Waals surface area contributed by atoms with Gasteiger partial charge in [0.2, 0.25) is 0 Å². The van der Waals surface area contributed by atoms with E-state index >= 15 is 0 Å². The zero-order valence-electron chi connectivity index (χ0n) is 12.0. The summed E-state index contributed by atoms with van der Waals surface area (Å²) in [6.45, 7) is 0. The Labute approximate surface area is 123 Å². The highest BCUT2D eigenvalue weighted by Crippen LogP contribution is 2.41. The molecule has 0 fully saturated rings. The highest BCUT2D eigenvalue weighted by atomic mass is 16.5. The molecule has 1 heterocycles. The summed E-state index contributed by atoms with van der Waals surface area (Å²) in [5, 5.41) is 10.3. The van der Waals surface area contributed by atoms with Crippen molar-refractivity contribution in [1.82, 2.24) is 4.57 Å². The maximum atomic E-state index is 11.9. The number of allylic oxidation sites excluding steroid dienone is 1. The first-order valence-corrected chi connectivity index (χ1v) is 6.84. The van der Waals surface area contributed by atoms with Crippen LogP contribution in [-0.2, 0) is 16.6 Å². The summed E-state index contributed by atoms with van der Waals surface area (Å²) in [4.78, 5) is 11.9. The number of hydrogen-bond acceptors (Lipinski definition) is 3. The second-order valence-corrected chi connectivity index (χ2v) is 5.21. The summed E-state index contributed by atoms with van der Waals surface area (Å²) in [6, 6.07) is 11.9. The van der Waals surface area contributed by atoms with Crippen molar-refractivity contribution in [3.63, 3.8) is 0 Å². The van der Waals surface area contributed by atoms with E-state index in [0.717, 1.165) is 16.8 Å². The van der Waals surface area contributed by atoms with E-state index < -0.39 is 5.97 Å². The predicted molar refractivity (Wildman–Crippen MR) is 79.9 cm³/mol. The van der Waals surface area contributed by atoms with E-state index in [-0.39, 0.29) is 17.3 Å². The number of esters is 1. The quantitative estimate of drug-likeness (QED) is 0.862. The van der Waals surface area contributed by atoms with E-state index in [1.807, 2.05) is 54.2 Å². The standard InChI is InChI=1S/C17H17NO3/c1-18-9-8-12-15(17(20)21-2)14(19)10-13(16(12)18)11-6-4-3-5-7-11/h3-9,13,19H,10H2,1-2H3. The van der Waals surface area contributed by atoms with Gasteiger partial charge in [0.05, 0.1) is 7.11 Å². The lowest BCUT2D eigenvalue weighted by Crippen LogP contribution is -2.18. The minimum atomic E-state index is -0.494. The molecular formula is C17H17NO3. The first kappa shape index (κ1) is 13.5. The van der Waals surface area contributed by atoms with Gasteiger partial charge in [-0.05, 0) is 11.6 Å². The third kappa shape index (κ3) is 2.13. The third-order valence-electron chi connectivity index (χ3n) is 4.00. The highest BCUT2D eigenvalue weighted by molar-refractivity contribution is 6.18. The zero-order valence-corrected chi connectivity index (χ0v) is 12.0. The van der Waals surface area contributed by atoms with Crippen molar-refractivity contribution in [2.45, 2.75) is 12.3 Å². The maximum absolute atomic E-state index is 11.9. The Balaban J connectivity index is 2.16. The number of aliphatic hydroxyl groups is 1. The third-order valence-corrected chi connectivity index (χ3v) is 4.00. The number of carbonyl (C=O) groups excluding carboxylic acids is 1. The van der Waals surface area contributed by atoms with Gasteiger partial charge in [0.15, 0.2) is 0 Å². The summed E-state index contributed by atoms with van der Waals surface area (Å²) in [5.41, 5.74) is 3.18. The molecule has 4 heteroatoms. The van der Waals surface area contributed by atoms with Crippen molar-refractivity contribution in [3.8, 4) is 0 Å². The molecule has 1 aliphatic rings. The van der Waals surface area contributed by atoms with Crippen LogP contribution in [0.4, 0.5) is 0 Å². The molecule has 3 rings (SSSR count). The number of aliphatic hydroxyl groups excluding tert-OH is 1. The van der Waals surface area contributed by atoms with E-state index in [0.29, 0.717) is 6.42 Å². The van der Waals surface area contributed by atoms with Crippen molar-refractivity contribution in [3.05, 3.63) is 65.2 Å². The average molecular weight is 283 g/mol. The van der Waals surface area contributed by atoms with E-state index in [1.54, 1.807) is 0 Å². The number of carbonyl (C=O) groups is 1. The number of nitrogens with zero attached hydrogens (tertiary/aromatic N) is 1. The summed E-state index contributed by atoms with van der Waals surface area (Å²) in [5.74, 6) is -0.365. The Hall–Kier alpha value is -2.49. The van der Waals surface area contributed by atoms with E-state index in [2.05, 4.69) is 0 Å². The van der Waals surface area contributed by atoms with Crippen molar-refractivity contribution in [1.29, 1.82) is 0 Å². The van der Waals surface area contributed by atoms with Crippen LogP contribution in [0.25, 0.3) is 5.57 Å². The molecule has 0 bridgehead atoms. The van der Waals surface area contributed by atoms with Crippen LogP contribution in [0.3, 0.4) is 0 Å².